The topological polar surface area (TPSA) is 98.3 Å². The second-order valence-corrected chi connectivity index (χ2v) is 3.67. The average molecular weight is 271 g/mol. The Morgan fingerprint density at radius 2 is 2.10 bits per heavy atom. The standard InChI is InChI=1S/C13H9N3O4/c1-19-12-7-10(16(17)18)5-6-11(12)20-13-4-2-3-9(8-14)15-13/h2-7H,1H3. The smallest absolute Gasteiger partial charge is 0.273 e. The van der Waals surface area contributed by atoms with Crippen LogP contribution in [0.15, 0.2) is 36.4 Å². The highest BCUT2D eigenvalue weighted by molar-refractivity contribution is 5.49. The van der Waals surface area contributed by atoms with Gasteiger partial charge >= 0.3 is 0 Å². The number of pyridine rings is 1. The summed E-state index contributed by atoms with van der Waals surface area (Å²) < 4.78 is 10.5. The molecule has 2 rings (SSSR count). The van der Waals surface area contributed by atoms with E-state index in [4.69, 9.17) is 14.7 Å². The summed E-state index contributed by atoms with van der Waals surface area (Å²) in [6.07, 6.45) is 0. The Balaban J connectivity index is 2.33. The average Bonchev–Trinajstić information content (AvgIpc) is 2.47. The Morgan fingerprint density at radius 1 is 1.30 bits per heavy atom. The van der Waals surface area contributed by atoms with E-state index in [1.54, 1.807) is 18.2 Å². The molecule has 1 aromatic carbocycles. The van der Waals surface area contributed by atoms with Gasteiger partial charge in [0.1, 0.15) is 11.8 Å². The van der Waals surface area contributed by atoms with Crippen LogP contribution in [0.2, 0.25) is 0 Å². The lowest BCUT2D eigenvalue weighted by atomic mass is 10.3. The summed E-state index contributed by atoms with van der Waals surface area (Å²) in [7, 11) is 1.38. The molecule has 0 spiro atoms. The normalized spacial score (nSPS) is 9.60. The molecule has 7 nitrogen and oxygen atoms in total. The van der Waals surface area contributed by atoms with E-state index in [0.29, 0.717) is 0 Å². The van der Waals surface area contributed by atoms with E-state index in [9.17, 15) is 10.1 Å². The number of non-ortho nitro benzene ring substituents is 1. The zero-order chi connectivity index (χ0) is 14.5. The molecule has 100 valence electrons. The summed E-state index contributed by atoms with van der Waals surface area (Å²) in [6.45, 7) is 0. The van der Waals surface area contributed by atoms with Crippen LogP contribution < -0.4 is 9.47 Å². The van der Waals surface area contributed by atoms with Gasteiger partial charge in [-0.3, -0.25) is 10.1 Å². The minimum Gasteiger partial charge on any atom is -0.493 e. The molecule has 20 heavy (non-hydrogen) atoms. The molecule has 0 unspecified atom stereocenters. The fourth-order valence-corrected chi connectivity index (χ4v) is 1.50. The van der Waals surface area contributed by atoms with Crippen molar-refractivity contribution >= 4 is 5.69 Å². The fourth-order valence-electron chi connectivity index (χ4n) is 1.50. The fraction of sp³-hybridized carbons (Fsp3) is 0.0769. The molecule has 0 aliphatic rings. The van der Waals surface area contributed by atoms with Crippen LogP contribution in [0.4, 0.5) is 5.69 Å². The number of nitriles is 1. The van der Waals surface area contributed by atoms with Gasteiger partial charge in [0.2, 0.25) is 5.88 Å². The molecule has 0 aliphatic carbocycles. The second kappa shape index (κ2) is 5.67. The monoisotopic (exact) mass is 271 g/mol. The van der Waals surface area contributed by atoms with Gasteiger partial charge in [0.15, 0.2) is 11.5 Å². The maximum absolute atomic E-state index is 10.7. The zero-order valence-electron chi connectivity index (χ0n) is 10.4. The summed E-state index contributed by atoms with van der Waals surface area (Å²) in [4.78, 5) is 14.1. The van der Waals surface area contributed by atoms with Crippen molar-refractivity contribution in [2.75, 3.05) is 7.11 Å². The molecule has 0 saturated heterocycles. The molecule has 7 heteroatoms. The molecule has 0 saturated carbocycles. The van der Waals surface area contributed by atoms with Crippen LogP contribution in [0, 0.1) is 21.4 Å². The first kappa shape index (κ1) is 13.3. The third kappa shape index (κ3) is 2.81. The van der Waals surface area contributed by atoms with Crippen molar-refractivity contribution in [1.29, 1.82) is 5.26 Å². The van der Waals surface area contributed by atoms with E-state index in [-0.39, 0.29) is 28.8 Å². The van der Waals surface area contributed by atoms with Crippen molar-refractivity contribution in [3.05, 3.63) is 52.2 Å². The van der Waals surface area contributed by atoms with E-state index in [1.165, 1.54) is 25.3 Å². The quantitative estimate of drug-likeness (QED) is 0.626. The molecule has 0 aliphatic heterocycles. The van der Waals surface area contributed by atoms with Crippen LogP contribution in [0.25, 0.3) is 0 Å². The number of hydrogen-bond acceptors (Lipinski definition) is 6. The Kier molecular flexibility index (Phi) is 3.77. The Bertz CT molecular complexity index is 694. The van der Waals surface area contributed by atoms with E-state index >= 15 is 0 Å². The molecule has 0 atom stereocenters. The van der Waals surface area contributed by atoms with Crippen LogP contribution in [-0.4, -0.2) is 17.0 Å². The SMILES string of the molecule is COc1cc([N+](=O)[O-])ccc1Oc1cccc(C#N)n1. The molecule has 0 fully saturated rings. The molecular weight excluding hydrogens is 262 g/mol. The van der Waals surface area contributed by atoms with Gasteiger partial charge in [-0.1, -0.05) is 6.07 Å². The predicted molar refractivity (Wildman–Crippen MR) is 68.7 cm³/mol. The highest BCUT2D eigenvalue weighted by Gasteiger charge is 2.13. The summed E-state index contributed by atoms with van der Waals surface area (Å²) in [5.41, 5.74) is 0.108. The van der Waals surface area contributed by atoms with Crippen molar-refractivity contribution in [1.82, 2.24) is 4.98 Å². The van der Waals surface area contributed by atoms with Gasteiger partial charge in [-0.15, -0.1) is 0 Å². The van der Waals surface area contributed by atoms with Gasteiger partial charge < -0.3 is 9.47 Å². The van der Waals surface area contributed by atoms with Crippen molar-refractivity contribution in [3.63, 3.8) is 0 Å². The first-order valence-electron chi connectivity index (χ1n) is 5.51. The number of nitro groups is 1. The number of nitro benzene ring substituents is 1. The summed E-state index contributed by atoms with van der Waals surface area (Å²) in [6, 6.07) is 10.6. The number of benzene rings is 1. The predicted octanol–water partition coefficient (Wildman–Crippen LogP) is 2.66. The number of ether oxygens (including phenoxy) is 2. The van der Waals surface area contributed by atoms with Gasteiger partial charge in [0.05, 0.1) is 18.1 Å². The highest BCUT2D eigenvalue weighted by Crippen LogP contribution is 2.33. The van der Waals surface area contributed by atoms with Crippen molar-refractivity contribution in [3.8, 4) is 23.4 Å². The Morgan fingerprint density at radius 3 is 2.75 bits per heavy atom. The molecule has 0 amide bonds. The van der Waals surface area contributed by atoms with Crippen molar-refractivity contribution < 1.29 is 14.4 Å². The first-order chi connectivity index (χ1) is 9.63. The molecule has 0 N–H and O–H groups in total. The minimum atomic E-state index is -0.527. The van der Waals surface area contributed by atoms with E-state index < -0.39 is 4.92 Å². The number of nitrogens with zero attached hydrogens (tertiary/aromatic N) is 3. The lowest BCUT2D eigenvalue weighted by Gasteiger charge is -2.09. The molecular formula is C13H9N3O4. The van der Waals surface area contributed by atoms with Crippen molar-refractivity contribution in [2.24, 2.45) is 0 Å². The molecule has 1 aromatic heterocycles. The number of methoxy groups -OCH3 is 1. The van der Waals surface area contributed by atoms with Gasteiger partial charge in [0.25, 0.3) is 5.69 Å². The van der Waals surface area contributed by atoms with E-state index in [1.807, 2.05) is 6.07 Å². The minimum absolute atomic E-state index is 0.104. The highest BCUT2D eigenvalue weighted by atomic mass is 16.6. The molecule has 1 heterocycles. The van der Waals surface area contributed by atoms with Gasteiger partial charge in [-0.2, -0.15) is 5.26 Å². The maximum atomic E-state index is 10.7. The summed E-state index contributed by atoms with van der Waals surface area (Å²) in [5, 5.41) is 19.4. The zero-order valence-corrected chi connectivity index (χ0v) is 10.4. The molecule has 0 bridgehead atoms. The van der Waals surface area contributed by atoms with Crippen LogP contribution in [-0.2, 0) is 0 Å². The number of hydrogen-bond donors (Lipinski definition) is 0. The summed E-state index contributed by atoms with van der Waals surface area (Å²) >= 11 is 0. The Labute approximate surface area is 114 Å². The van der Waals surface area contributed by atoms with Gasteiger partial charge in [-0.25, -0.2) is 4.98 Å². The largest absolute Gasteiger partial charge is 0.493 e. The lowest BCUT2D eigenvalue weighted by Crippen LogP contribution is -1.95. The van der Waals surface area contributed by atoms with Gasteiger partial charge in [-0.05, 0) is 12.1 Å². The second-order valence-electron chi connectivity index (χ2n) is 3.67. The number of rotatable bonds is 4. The molecule has 2 aromatic rings. The van der Waals surface area contributed by atoms with Crippen molar-refractivity contribution in [2.45, 2.75) is 0 Å². The van der Waals surface area contributed by atoms with Crippen LogP contribution in [0.1, 0.15) is 5.69 Å². The first-order valence-corrected chi connectivity index (χ1v) is 5.51. The number of aromatic nitrogens is 1. The Hall–Kier alpha value is -3.14. The van der Waals surface area contributed by atoms with E-state index in [2.05, 4.69) is 4.98 Å². The van der Waals surface area contributed by atoms with Crippen LogP contribution in [0.5, 0.6) is 17.4 Å². The molecule has 0 radical (unpaired) electrons. The maximum Gasteiger partial charge on any atom is 0.273 e. The van der Waals surface area contributed by atoms with Crippen LogP contribution in [0.3, 0.4) is 0 Å². The lowest BCUT2D eigenvalue weighted by molar-refractivity contribution is -0.384. The van der Waals surface area contributed by atoms with Crippen LogP contribution >= 0.6 is 0 Å². The third-order valence-corrected chi connectivity index (χ3v) is 2.41. The summed E-state index contributed by atoms with van der Waals surface area (Å²) in [5.74, 6) is 0.695. The van der Waals surface area contributed by atoms with E-state index in [0.717, 1.165) is 0 Å². The third-order valence-electron chi connectivity index (χ3n) is 2.41. The van der Waals surface area contributed by atoms with Gasteiger partial charge in [0, 0.05) is 12.1 Å².